The van der Waals surface area contributed by atoms with Gasteiger partial charge in [0.15, 0.2) is 5.82 Å². The molecule has 10 heteroatoms. The summed E-state index contributed by atoms with van der Waals surface area (Å²) >= 11 is 0. The molecule has 0 atom stereocenters. The van der Waals surface area contributed by atoms with E-state index in [2.05, 4.69) is 24.9 Å². The second kappa shape index (κ2) is 8.17. The number of rotatable bonds is 7. The van der Waals surface area contributed by atoms with Gasteiger partial charge in [0.05, 0.1) is 25.2 Å². The van der Waals surface area contributed by atoms with Gasteiger partial charge < -0.3 is 0 Å². The van der Waals surface area contributed by atoms with Gasteiger partial charge in [0.1, 0.15) is 0 Å². The lowest BCUT2D eigenvalue weighted by atomic mass is 10.1. The van der Waals surface area contributed by atoms with Gasteiger partial charge in [-0.1, -0.05) is 18.2 Å². The molecule has 30 heavy (non-hydrogen) atoms. The van der Waals surface area contributed by atoms with Gasteiger partial charge in [0.2, 0.25) is 10.0 Å². The largest absolute Gasteiger partial charge is 0.275 e. The fraction of sp³-hybridized carbons (Fsp3) is 0.200. The zero-order valence-corrected chi connectivity index (χ0v) is 17.4. The van der Waals surface area contributed by atoms with E-state index in [1.165, 1.54) is 0 Å². The van der Waals surface area contributed by atoms with Crippen molar-refractivity contribution >= 4 is 10.0 Å². The smallest absolute Gasteiger partial charge is 0.208 e. The van der Waals surface area contributed by atoms with Crippen LogP contribution in [0.25, 0.3) is 33.6 Å². The molecule has 0 aliphatic carbocycles. The minimum atomic E-state index is -3.21. The topological polar surface area (TPSA) is 108 Å². The summed E-state index contributed by atoms with van der Waals surface area (Å²) in [5.41, 5.74) is 4.71. The molecule has 9 nitrogen and oxygen atoms in total. The molecule has 0 bridgehead atoms. The van der Waals surface area contributed by atoms with Crippen LogP contribution in [0.3, 0.4) is 0 Å². The van der Waals surface area contributed by atoms with E-state index in [0.717, 1.165) is 34.1 Å². The normalized spacial score (nSPS) is 11.7. The van der Waals surface area contributed by atoms with E-state index in [9.17, 15) is 8.42 Å². The molecule has 0 amide bonds. The van der Waals surface area contributed by atoms with Crippen molar-refractivity contribution < 1.29 is 8.42 Å². The highest BCUT2D eigenvalue weighted by atomic mass is 32.2. The van der Waals surface area contributed by atoms with Gasteiger partial charge in [-0.15, -0.1) is 0 Å². The lowest BCUT2D eigenvalue weighted by Gasteiger charge is -2.04. The molecular weight excluding hydrogens is 402 g/mol. The van der Waals surface area contributed by atoms with E-state index in [1.54, 1.807) is 28.0 Å². The van der Waals surface area contributed by atoms with Gasteiger partial charge in [-0.05, 0) is 11.6 Å². The highest BCUT2D eigenvalue weighted by Crippen LogP contribution is 2.25. The Morgan fingerprint density at radius 1 is 0.900 bits per heavy atom. The standard InChI is InChI=1S/C20H21N7O2S/c1-26-13-18(11-23-26)15-4-3-5-16(8-15)20-21-9-17(10-22-20)19-12-24-27(14-19)7-6-25-30(2,28)29/h3-5,8-14,25H,6-7H2,1-2H3. The van der Waals surface area contributed by atoms with Gasteiger partial charge in [-0.25, -0.2) is 23.1 Å². The molecule has 154 valence electrons. The van der Waals surface area contributed by atoms with Crippen LogP contribution in [0.2, 0.25) is 0 Å². The number of hydrogen-bond acceptors (Lipinski definition) is 6. The minimum Gasteiger partial charge on any atom is -0.275 e. The van der Waals surface area contributed by atoms with E-state index < -0.39 is 10.0 Å². The highest BCUT2D eigenvalue weighted by Gasteiger charge is 2.08. The Morgan fingerprint density at radius 3 is 2.30 bits per heavy atom. The lowest BCUT2D eigenvalue weighted by Crippen LogP contribution is -2.26. The molecule has 0 unspecified atom stereocenters. The summed E-state index contributed by atoms with van der Waals surface area (Å²) in [6.07, 6.45) is 12.0. The second-order valence-corrected chi connectivity index (χ2v) is 8.77. The average Bonchev–Trinajstić information content (AvgIpc) is 3.37. The first kappa shape index (κ1) is 19.9. The second-order valence-electron chi connectivity index (χ2n) is 6.94. The third-order valence-electron chi connectivity index (χ3n) is 4.48. The van der Waals surface area contributed by atoms with Gasteiger partial charge in [-0.2, -0.15) is 10.2 Å². The van der Waals surface area contributed by atoms with Gasteiger partial charge >= 0.3 is 0 Å². The van der Waals surface area contributed by atoms with Crippen LogP contribution < -0.4 is 4.72 Å². The fourth-order valence-corrected chi connectivity index (χ4v) is 3.48. The third-order valence-corrected chi connectivity index (χ3v) is 5.21. The summed E-state index contributed by atoms with van der Waals surface area (Å²) in [4.78, 5) is 9.02. The van der Waals surface area contributed by atoms with E-state index in [1.807, 2.05) is 49.9 Å². The molecule has 4 rings (SSSR count). The zero-order chi connectivity index (χ0) is 21.1. The third kappa shape index (κ3) is 4.78. The zero-order valence-electron chi connectivity index (χ0n) is 16.6. The van der Waals surface area contributed by atoms with Crippen LogP contribution in [-0.4, -0.2) is 50.7 Å². The van der Waals surface area contributed by atoms with Crippen molar-refractivity contribution in [3.63, 3.8) is 0 Å². The Kier molecular flexibility index (Phi) is 5.42. The highest BCUT2D eigenvalue weighted by molar-refractivity contribution is 7.88. The molecule has 1 N–H and O–H groups in total. The molecule has 3 heterocycles. The molecule has 3 aromatic heterocycles. The number of sulfonamides is 1. The van der Waals surface area contributed by atoms with E-state index in [-0.39, 0.29) is 6.54 Å². The van der Waals surface area contributed by atoms with Gasteiger partial charge in [-0.3, -0.25) is 9.36 Å². The van der Waals surface area contributed by atoms with Crippen LogP contribution in [0.5, 0.6) is 0 Å². The maximum atomic E-state index is 11.1. The molecule has 4 aromatic rings. The SMILES string of the molecule is Cn1cc(-c2cccc(-c3ncc(-c4cnn(CCNS(C)(=O)=O)c4)cn3)c2)cn1. The summed E-state index contributed by atoms with van der Waals surface area (Å²) < 4.78 is 28.2. The monoisotopic (exact) mass is 423 g/mol. The number of hydrogen-bond donors (Lipinski definition) is 1. The molecule has 0 radical (unpaired) electrons. The van der Waals surface area contributed by atoms with Crippen molar-refractivity contribution in [2.45, 2.75) is 6.54 Å². The number of benzene rings is 1. The summed E-state index contributed by atoms with van der Waals surface area (Å²) in [5, 5.41) is 8.48. The first-order valence-electron chi connectivity index (χ1n) is 9.26. The van der Waals surface area contributed by atoms with Crippen LogP contribution in [0.4, 0.5) is 0 Å². The molecule has 0 spiro atoms. The molecule has 0 aliphatic heterocycles. The number of aryl methyl sites for hydroxylation is 1. The van der Waals surface area contributed by atoms with Crippen molar-refractivity contribution in [2.24, 2.45) is 7.05 Å². The maximum Gasteiger partial charge on any atom is 0.208 e. The predicted octanol–water partition coefficient (Wildman–Crippen LogP) is 1.96. The molecular formula is C20H21N7O2S. The molecule has 0 aliphatic rings. The first-order chi connectivity index (χ1) is 14.4. The quantitative estimate of drug-likeness (QED) is 0.487. The van der Waals surface area contributed by atoms with Crippen LogP contribution in [0, 0.1) is 0 Å². The Labute approximate surface area is 174 Å². The molecule has 1 aromatic carbocycles. The van der Waals surface area contributed by atoms with E-state index in [4.69, 9.17) is 0 Å². The van der Waals surface area contributed by atoms with Crippen molar-refractivity contribution in [3.8, 4) is 33.6 Å². The fourth-order valence-electron chi connectivity index (χ4n) is 3.01. The molecule has 0 saturated carbocycles. The van der Waals surface area contributed by atoms with Crippen molar-refractivity contribution in [2.75, 3.05) is 12.8 Å². The van der Waals surface area contributed by atoms with Gasteiger partial charge in [0, 0.05) is 60.6 Å². The maximum absolute atomic E-state index is 11.1. The van der Waals surface area contributed by atoms with Crippen LogP contribution in [0.1, 0.15) is 0 Å². The molecule has 0 saturated heterocycles. The Hall–Kier alpha value is -3.37. The predicted molar refractivity (Wildman–Crippen MR) is 114 cm³/mol. The number of nitrogens with zero attached hydrogens (tertiary/aromatic N) is 6. The minimum absolute atomic E-state index is 0.280. The average molecular weight is 424 g/mol. The Morgan fingerprint density at radius 2 is 1.60 bits per heavy atom. The number of aromatic nitrogens is 6. The van der Waals surface area contributed by atoms with Gasteiger partial charge in [0.25, 0.3) is 0 Å². The van der Waals surface area contributed by atoms with Crippen LogP contribution >= 0.6 is 0 Å². The van der Waals surface area contributed by atoms with Crippen molar-refractivity contribution in [3.05, 3.63) is 61.4 Å². The lowest BCUT2D eigenvalue weighted by molar-refractivity contribution is 0.565. The van der Waals surface area contributed by atoms with Crippen LogP contribution in [0.15, 0.2) is 61.4 Å². The van der Waals surface area contributed by atoms with Crippen molar-refractivity contribution in [1.29, 1.82) is 0 Å². The summed E-state index contributed by atoms with van der Waals surface area (Å²) in [6, 6.07) is 8.02. The van der Waals surface area contributed by atoms with Crippen LogP contribution in [-0.2, 0) is 23.6 Å². The van der Waals surface area contributed by atoms with E-state index in [0.29, 0.717) is 12.4 Å². The number of nitrogens with one attached hydrogen (secondary N) is 1. The summed E-state index contributed by atoms with van der Waals surface area (Å²) in [5.74, 6) is 0.634. The summed E-state index contributed by atoms with van der Waals surface area (Å²) in [6.45, 7) is 0.718. The Bertz CT molecular complexity index is 1260. The van der Waals surface area contributed by atoms with E-state index >= 15 is 0 Å². The molecule has 0 fully saturated rings. The first-order valence-corrected chi connectivity index (χ1v) is 11.2. The van der Waals surface area contributed by atoms with Crippen molar-refractivity contribution in [1.82, 2.24) is 34.3 Å². The Balaban J connectivity index is 1.49. The summed E-state index contributed by atoms with van der Waals surface area (Å²) in [7, 11) is -1.32.